The van der Waals surface area contributed by atoms with Gasteiger partial charge in [-0.15, -0.1) is 0 Å². The molecule has 0 aliphatic heterocycles. The average Bonchev–Trinajstić information content (AvgIpc) is 3.11. The number of ether oxygens (including phenoxy) is 2. The zero-order chi connectivity index (χ0) is 37.5. The van der Waals surface area contributed by atoms with Crippen molar-refractivity contribution in [2.24, 2.45) is 5.73 Å². The minimum Gasteiger partial charge on any atom is -0.462 e. The Labute approximate surface area is 312 Å². The molecular weight excluding hydrogens is 665 g/mol. The summed E-state index contributed by atoms with van der Waals surface area (Å²) >= 11 is 0. The number of phosphoric acid groups is 1. The largest absolute Gasteiger partial charge is 0.472 e. The van der Waals surface area contributed by atoms with Crippen molar-refractivity contribution in [3.63, 3.8) is 0 Å². The number of esters is 2. The molecule has 51 heavy (non-hydrogen) atoms. The lowest BCUT2D eigenvalue weighted by atomic mass is 10.0. The first-order valence-corrected chi connectivity index (χ1v) is 22.0. The van der Waals surface area contributed by atoms with E-state index in [0.717, 1.165) is 51.4 Å². The number of allylic oxidation sites excluding steroid dienone is 6. The van der Waals surface area contributed by atoms with Gasteiger partial charge in [0.25, 0.3) is 0 Å². The third kappa shape index (κ3) is 37.8. The molecule has 0 aromatic rings. The van der Waals surface area contributed by atoms with Gasteiger partial charge in [-0.05, 0) is 51.4 Å². The number of hydrogen-bond donors (Lipinski definition) is 2. The van der Waals surface area contributed by atoms with Gasteiger partial charge in [0.05, 0.1) is 13.2 Å². The third-order valence-electron chi connectivity index (χ3n) is 8.53. The number of unbranched alkanes of at least 4 members (excludes halogenated alkanes) is 19. The maximum Gasteiger partial charge on any atom is 0.472 e. The summed E-state index contributed by atoms with van der Waals surface area (Å²) in [6.07, 6.45) is 40.3. The van der Waals surface area contributed by atoms with E-state index >= 15 is 0 Å². The van der Waals surface area contributed by atoms with Gasteiger partial charge < -0.3 is 20.1 Å². The minimum absolute atomic E-state index is 0.0476. The van der Waals surface area contributed by atoms with Crippen molar-refractivity contribution in [2.75, 3.05) is 26.4 Å². The molecule has 0 aliphatic carbocycles. The molecule has 0 amide bonds. The smallest absolute Gasteiger partial charge is 0.462 e. The van der Waals surface area contributed by atoms with E-state index in [-0.39, 0.29) is 32.6 Å². The SMILES string of the molecule is CCCCC/C=C/C/C=C/C/C=C/CCCCC(=O)O[C@H](COC(=O)CCCCCCCCCCCCCCCCC)COP(=O)(O)OCCN. The fourth-order valence-electron chi connectivity index (χ4n) is 5.46. The van der Waals surface area contributed by atoms with Crippen LogP contribution in [0.25, 0.3) is 0 Å². The molecule has 0 heterocycles. The van der Waals surface area contributed by atoms with Crippen LogP contribution in [0.5, 0.6) is 0 Å². The van der Waals surface area contributed by atoms with Crippen LogP contribution >= 0.6 is 7.82 Å². The van der Waals surface area contributed by atoms with Gasteiger partial charge in [0.1, 0.15) is 6.61 Å². The van der Waals surface area contributed by atoms with Crippen molar-refractivity contribution >= 4 is 19.8 Å². The molecule has 0 aromatic carbocycles. The normalized spacial score (nSPS) is 13.7. The molecule has 0 saturated heterocycles. The lowest BCUT2D eigenvalue weighted by Crippen LogP contribution is -2.29. The molecule has 0 saturated carbocycles. The highest BCUT2D eigenvalue weighted by molar-refractivity contribution is 7.47. The van der Waals surface area contributed by atoms with Crippen LogP contribution in [0.2, 0.25) is 0 Å². The molecule has 298 valence electrons. The number of phosphoric ester groups is 1. The molecule has 0 radical (unpaired) electrons. The van der Waals surface area contributed by atoms with Crippen molar-refractivity contribution in [3.8, 4) is 0 Å². The summed E-state index contributed by atoms with van der Waals surface area (Å²) in [7, 11) is -4.38. The molecule has 0 rings (SSSR count). The van der Waals surface area contributed by atoms with Crippen LogP contribution in [0.4, 0.5) is 0 Å². The highest BCUT2D eigenvalue weighted by Gasteiger charge is 2.25. The average molecular weight is 742 g/mol. The first-order valence-electron chi connectivity index (χ1n) is 20.5. The Morgan fingerprint density at radius 1 is 0.588 bits per heavy atom. The maximum atomic E-state index is 12.5. The number of carbonyl (C=O) groups excluding carboxylic acids is 2. The Bertz CT molecular complexity index is 939. The Morgan fingerprint density at radius 2 is 1.02 bits per heavy atom. The fourth-order valence-corrected chi connectivity index (χ4v) is 6.23. The molecular formula is C41H76NO8P. The molecule has 10 heteroatoms. The summed E-state index contributed by atoms with van der Waals surface area (Å²) in [4.78, 5) is 34.8. The van der Waals surface area contributed by atoms with Crippen LogP contribution in [0.1, 0.15) is 181 Å². The topological polar surface area (TPSA) is 134 Å². The molecule has 9 nitrogen and oxygen atoms in total. The third-order valence-corrected chi connectivity index (χ3v) is 9.51. The first kappa shape index (κ1) is 49.2. The van der Waals surface area contributed by atoms with Crippen molar-refractivity contribution in [1.29, 1.82) is 0 Å². The van der Waals surface area contributed by atoms with Crippen molar-refractivity contribution in [3.05, 3.63) is 36.5 Å². The van der Waals surface area contributed by atoms with E-state index < -0.39 is 32.5 Å². The van der Waals surface area contributed by atoms with E-state index in [1.54, 1.807) is 0 Å². The van der Waals surface area contributed by atoms with Crippen LogP contribution in [0.3, 0.4) is 0 Å². The lowest BCUT2D eigenvalue weighted by molar-refractivity contribution is -0.161. The number of carbonyl (C=O) groups is 2. The van der Waals surface area contributed by atoms with Crippen LogP contribution in [0, 0.1) is 0 Å². The van der Waals surface area contributed by atoms with Gasteiger partial charge in [0.2, 0.25) is 0 Å². The van der Waals surface area contributed by atoms with Crippen LogP contribution in [-0.2, 0) is 32.7 Å². The molecule has 0 bridgehead atoms. The second-order valence-corrected chi connectivity index (χ2v) is 15.0. The fraction of sp³-hybridized carbons (Fsp3) is 0.805. The quantitative estimate of drug-likeness (QED) is 0.0274. The number of rotatable bonds is 38. The predicted molar refractivity (Wildman–Crippen MR) is 210 cm³/mol. The van der Waals surface area contributed by atoms with Crippen molar-refractivity contribution in [1.82, 2.24) is 0 Å². The summed E-state index contributed by atoms with van der Waals surface area (Å²) in [5.41, 5.74) is 5.33. The molecule has 0 aromatic heterocycles. The Morgan fingerprint density at radius 3 is 1.55 bits per heavy atom. The van der Waals surface area contributed by atoms with E-state index in [4.69, 9.17) is 24.3 Å². The predicted octanol–water partition coefficient (Wildman–Crippen LogP) is 11.4. The molecule has 2 atom stereocenters. The van der Waals surface area contributed by atoms with Gasteiger partial charge in [-0.25, -0.2) is 4.57 Å². The summed E-state index contributed by atoms with van der Waals surface area (Å²) in [6, 6.07) is 0. The van der Waals surface area contributed by atoms with Crippen LogP contribution in [-0.4, -0.2) is 49.3 Å². The zero-order valence-electron chi connectivity index (χ0n) is 32.6. The van der Waals surface area contributed by atoms with E-state index in [9.17, 15) is 19.0 Å². The number of nitrogens with two attached hydrogens (primary N) is 1. The van der Waals surface area contributed by atoms with Gasteiger partial charge in [-0.1, -0.05) is 153 Å². The lowest BCUT2D eigenvalue weighted by Gasteiger charge is -2.19. The van der Waals surface area contributed by atoms with Gasteiger partial charge in [0, 0.05) is 19.4 Å². The standard InChI is InChI=1S/C41H76NO8P/c1-3-5-7-9-11-13-15-17-19-21-23-25-27-29-31-33-40(43)47-37-39(38-49-51(45,46)48-36-35-42)50-41(44)34-32-30-28-26-24-22-20-18-16-14-12-10-8-6-4-2/h12,14,18,20,24,26,39H,3-11,13,15-17,19,21-23,25,27-38,42H2,1-2H3,(H,45,46)/b14-12+,20-18+,26-24+/t39-/m1/s1. The molecule has 0 aliphatic rings. The van der Waals surface area contributed by atoms with Crippen LogP contribution in [0.15, 0.2) is 36.5 Å². The highest BCUT2D eigenvalue weighted by Crippen LogP contribution is 2.43. The Balaban J connectivity index is 4.24. The van der Waals surface area contributed by atoms with E-state index in [1.165, 1.54) is 96.3 Å². The number of hydrogen-bond acceptors (Lipinski definition) is 8. The molecule has 0 spiro atoms. The zero-order valence-corrected chi connectivity index (χ0v) is 33.5. The Kier molecular flexibility index (Phi) is 36.7. The van der Waals surface area contributed by atoms with Gasteiger partial charge in [0.15, 0.2) is 6.10 Å². The Hall–Kier alpha value is -1.77. The van der Waals surface area contributed by atoms with Crippen LogP contribution < -0.4 is 5.73 Å². The minimum atomic E-state index is -4.38. The highest BCUT2D eigenvalue weighted by atomic mass is 31.2. The van der Waals surface area contributed by atoms with Gasteiger partial charge in [-0.2, -0.15) is 0 Å². The van der Waals surface area contributed by atoms with E-state index in [0.29, 0.717) is 6.42 Å². The summed E-state index contributed by atoms with van der Waals surface area (Å²) in [5.74, 6) is -0.870. The maximum absolute atomic E-state index is 12.5. The summed E-state index contributed by atoms with van der Waals surface area (Å²) < 4.78 is 32.7. The van der Waals surface area contributed by atoms with Crippen molar-refractivity contribution in [2.45, 2.75) is 187 Å². The monoisotopic (exact) mass is 742 g/mol. The summed E-state index contributed by atoms with van der Waals surface area (Å²) in [5, 5.41) is 0. The first-order chi connectivity index (χ1) is 24.8. The second kappa shape index (κ2) is 38.0. The molecule has 3 N–H and O–H groups in total. The second-order valence-electron chi connectivity index (χ2n) is 13.5. The van der Waals surface area contributed by atoms with E-state index in [2.05, 4.69) is 50.3 Å². The molecule has 1 unspecified atom stereocenters. The van der Waals surface area contributed by atoms with E-state index in [1.807, 2.05) is 0 Å². The van der Waals surface area contributed by atoms with Crippen molar-refractivity contribution < 1.29 is 37.6 Å². The van der Waals surface area contributed by atoms with Gasteiger partial charge >= 0.3 is 19.8 Å². The van der Waals surface area contributed by atoms with Gasteiger partial charge in [-0.3, -0.25) is 18.6 Å². The molecule has 0 fully saturated rings. The summed E-state index contributed by atoms with van der Waals surface area (Å²) in [6.45, 7) is 3.66.